The van der Waals surface area contributed by atoms with Gasteiger partial charge in [0.15, 0.2) is 5.82 Å². The number of nitrogens with zero attached hydrogens (tertiary/aromatic N) is 5. The first-order chi connectivity index (χ1) is 16.2. The summed E-state index contributed by atoms with van der Waals surface area (Å²) in [5.41, 5.74) is 0.0719. The van der Waals surface area contributed by atoms with Crippen molar-refractivity contribution in [3.05, 3.63) is 40.0 Å². The zero-order valence-electron chi connectivity index (χ0n) is 18.7. The Morgan fingerprint density at radius 3 is 2.74 bits per heavy atom. The van der Waals surface area contributed by atoms with E-state index in [1.54, 1.807) is 0 Å². The van der Waals surface area contributed by atoms with E-state index in [4.69, 9.17) is 0 Å². The predicted molar refractivity (Wildman–Crippen MR) is 122 cm³/mol. The van der Waals surface area contributed by atoms with Crippen LogP contribution in [0.3, 0.4) is 0 Å². The van der Waals surface area contributed by atoms with E-state index in [2.05, 4.69) is 37.6 Å². The lowest BCUT2D eigenvalue weighted by Crippen LogP contribution is -2.31. The number of aryl methyl sites for hydroxylation is 1. The molecule has 2 aliphatic rings. The molecule has 5 rings (SSSR count). The monoisotopic (exact) mass is 491 g/mol. The third-order valence-electron chi connectivity index (χ3n) is 6.23. The highest BCUT2D eigenvalue weighted by molar-refractivity contribution is 7.15. The quantitative estimate of drug-likeness (QED) is 0.573. The number of amides is 1. The molecule has 0 aliphatic carbocycles. The Morgan fingerprint density at radius 2 is 2.03 bits per heavy atom. The molecule has 3 aromatic heterocycles. The van der Waals surface area contributed by atoms with E-state index in [9.17, 15) is 18.0 Å². The Kier molecular flexibility index (Phi) is 5.80. The summed E-state index contributed by atoms with van der Waals surface area (Å²) in [7, 11) is 2.09. The summed E-state index contributed by atoms with van der Waals surface area (Å²) in [6.07, 6.45) is 0.633. The van der Waals surface area contributed by atoms with Crippen molar-refractivity contribution in [1.82, 2.24) is 30.0 Å². The molecule has 1 saturated heterocycles. The molecule has 34 heavy (non-hydrogen) atoms. The van der Waals surface area contributed by atoms with Gasteiger partial charge >= 0.3 is 6.18 Å². The van der Waals surface area contributed by atoms with Gasteiger partial charge < -0.3 is 15.5 Å². The maximum Gasteiger partial charge on any atom is 0.420 e. The highest BCUT2D eigenvalue weighted by Crippen LogP contribution is 2.40. The Morgan fingerprint density at radius 1 is 1.26 bits per heavy atom. The van der Waals surface area contributed by atoms with Gasteiger partial charge in [-0.1, -0.05) is 0 Å². The lowest BCUT2D eigenvalue weighted by Gasteiger charge is -2.28. The van der Waals surface area contributed by atoms with Crippen LogP contribution in [-0.2, 0) is 12.6 Å². The largest absolute Gasteiger partial charge is 0.420 e. The van der Waals surface area contributed by atoms with Crippen LogP contribution in [0, 0.1) is 6.92 Å². The molecule has 2 aliphatic heterocycles. The molecule has 3 aromatic rings. The van der Waals surface area contributed by atoms with E-state index in [-0.39, 0.29) is 28.5 Å². The van der Waals surface area contributed by atoms with Crippen LogP contribution in [0.25, 0.3) is 10.6 Å². The van der Waals surface area contributed by atoms with Crippen LogP contribution in [0.5, 0.6) is 0 Å². The molecule has 0 unspecified atom stereocenters. The molecule has 1 amide bonds. The molecule has 2 N–H and O–H groups in total. The second-order valence-electron chi connectivity index (χ2n) is 8.71. The second kappa shape index (κ2) is 8.66. The van der Waals surface area contributed by atoms with Gasteiger partial charge in [0, 0.05) is 29.4 Å². The number of carbonyl (C=O) groups is 1. The summed E-state index contributed by atoms with van der Waals surface area (Å²) in [5.74, 6) is 0.254. The maximum absolute atomic E-state index is 13.8. The lowest BCUT2D eigenvalue weighted by atomic mass is 10.1. The van der Waals surface area contributed by atoms with Crippen LogP contribution in [-0.4, -0.2) is 57.2 Å². The Labute approximate surface area is 198 Å². The molecule has 0 bridgehead atoms. The summed E-state index contributed by atoms with van der Waals surface area (Å²) >= 11 is 1.16. The predicted octanol–water partition coefficient (Wildman–Crippen LogP) is 4.03. The van der Waals surface area contributed by atoms with Gasteiger partial charge in [-0.3, -0.25) is 9.48 Å². The van der Waals surface area contributed by atoms with Gasteiger partial charge in [-0.25, -0.2) is 9.97 Å². The number of hydrogen-bond acceptors (Lipinski definition) is 7. The topological polar surface area (TPSA) is 88.0 Å². The number of rotatable bonds is 4. The minimum atomic E-state index is -4.63. The number of hydrogen-bond donors (Lipinski definition) is 2. The standard InChI is InChI=1S/C22H24F3N7OS/c1-12-11-32(13-4-7-31(2)8-5-13)30-19(12)29-21-27-10-15(22(23,24)25)18(28-21)17-9-14-16(34-17)3-6-26-20(14)33/h9-11,13H,3-8H2,1-2H3,(H,26,33)(H,27,28,29,30). The summed E-state index contributed by atoms with van der Waals surface area (Å²) in [5, 5.41) is 10.3. The molecule has 5 heterocycles. The summed E-state index contributed by atoms with van der Waals surface area (Å²) < 4.78 is 43.2. The zero-order valence-corrected chi connectivity index (χ0v) is 19.6. The van der Waals surface area contributed by atoms with E-state index in [0.29, 0.717) is 24.3 Å². The number of nitrogens with one attached hydrogen (secondary N) is 2. The van der Waals surface area contributed by atoms with Crippen LogP contribution >= 0.6 is 11.3 Å². The number of thiophene rings is 1. The number of fused-ring (bicyclic) bond motifs is 1. The molecule has 0 atom stereocenters. The van der Waals surface area contributed by atoms with Crippen LogP contribution in [0.1, 0.15) is 45.2 Å². The van der Waals surface area contributed by atoms with Crippen molar-refractivity contribution in [2.45, 2.75) is 38.4 Å². The molecule has 0 aromatic carbocycles. The normalized spacial score (nSPS) is 17.5. The van der Waals surface area contributed by atoms with Gasteiger partial charge in [-0.15, -0.1) is 11.3 Å². The number of carbonyl (C=O) groups excluding carboxylic acids is 1. The summed E-state index contributed by atoms with van der Waals surface area (Å²) in [6, 6.07) is 1.76. The van der Waals surface area contributed by atoms with Gasteiger partial charge in [0.25, 0.3) is 5.91 Å². The summed E-state index contributed by atoms with van der Waals surface area (Å²) in [6.45, 7) is 4.33. The van der Waals surface area contributed by atoms with Crippen LogP contribution < -0.4 is 10.6 Å². The van der Waals surface area contributed by atoms with E-state index in [1.807, 2.05) is 17.8 Å². The average Bonchev–Trinajstić information content (AvgIpc) is 3.38. The Bertz CT molecular complexity index is 1230. The van der Waals surface area contributed by atoms with E-state index >= 15 is 0 Å². The number of likely N-dealkylation sites (tertiary alicyclic amines) is 1. The molecular formula is C22H24F3N7OS. The van der Waals surface area contributed by atoms with Crippen LogP contribution in [0.4, 0.5) is 24.9 Å². The van der Waals surface area contributed by atoms with E-state index in [1.165, 1.54) is 6.07 Å². The van der Waals surface area contributed by atoms with Crippen molar-refractivity contribution in [2.24, 2.45) is 0 Å². The van der Waals surface area contributed by atoms with Crippen molar-refractivity contribution in [3.63, 3.8) is 0 Å². The average molecular weight is 492 g/mol. The molecule has 180 valence electrons. The van der Waals surface area contributed by atoms with E-state index in [0.717, 1.165) is 53.9 Å². The third-order valence-corrected chi connectivity index (χ3v) is 7.43. The van der Waals surface area contributed by atoms with E-state index < -0.39 is 11.7 Å². The highest BCUT2D eigenvalue weighted by Gasteiger charge is 2.36. The van der Waals surface area contributed by atoms with Gasteiger partial charge in [-0.2, -0.15) is 18.3 Å². The van der Waals surface area contributed by atoms with Crippen molar-refractivity contribution < 1.29 is 18.0 Å². The molecule has 0 radical (unpaired) electrons. The molecule has 12 heteroatoms. The fraction of sp³-hybridized carbons (Fsp3) is 0.455. The molecular weight excluding hydrogens is 467 g/mol. The fourth-order valence-corrected chi connectivity index (χ4v) is 5.46. The highest BCUT2D eigenvalue weighted by atomic mass is 32.1. The number of anilines is 2. The Hall–Kier alpha value is -2.99. The second-order valence-corrected chi connectivity index (χ2v) is 9.84. The SMILES string of the molecule is Cc1cn(C2CCN(C)CC2)nc1Nc1ncc(C(F)(F)F)c(-c2cc3c(s2)CCNC3=O)n1. The maximum atomic E-state index is 13.8. The van der Waals surface area contributed by atoms with Crippen molar-refractivity contribution in [2.75, 3.05) is 32.0 Å². The molecule has 8 nitrogen and oxygen atoms in total. The number of aromatic nitrogens is 4. The minimum Gasteiger partial charge on any atom is -0.352 e. The van der Waals surface area contributed by atoms with Gasteiger partial charge in [0.2, 0.25) is 5.95 Å². The summed E-state index contributed by atoms with van der Waals surface area (Å²) in [4.78, 5) is 23.6. The third kappa shape index (κ3) is 4.39. The molecule has 1 fully saturated rings. The van der Waals surface area contributed by atoms with Crippen molar-refractivity contribution >= 4 is 29.0 Å². The first-order valence-electron chi connectivity index (χ1n) is 11.1. The first kappa shape index (κ1) is 22.8. The fourth-order valence-electron chi connectivity index (χ4n) is 4.30. The number of halogens is 3. The van der Waals surface area contributed by atoms with Gasteiger partial charge in [0.1, 0.15) is 5.56 Å². The number of piperidine rings is 1. The minimum absolute atomic E-state index is 0.0237. The van der Waals surface area contributed by atoms with Crippen LogP contribution in [0.15, 0.2) is 18.5 Å². The molecule has 0 spiro atoms. The van der Waals surface area contributed by atoms with Gasteiger partial charge in [0.05, 0.1) is 22.2 Å². The molecule has 0 saturated carbocycles. The Balaban J connectivity index is 1.47. The van der Waals surface area contributed by atoms with Crippen LogP contribution in [0.2, 0.25) is 0 Å². The zero-order chi connectivity index (χ0) is 24.0. The first-order valence-corrected chi connectivity index (χ1v) is 11.9. The smallest absolute Gasteiger partial charge is 0.352 e. The lowest BCUT2D eigenvalue weighted by molar-refractivity contribution is -0.137. The van der Waals surface area contributed by atoms with Gasteiger partial charge in [-0.05, 0) is 52.4 Å². The van der Waals surface area contributed by atoms with Crippen molar-refractivity contribution in [1.29, 1.82) is 0 Å². The van der Waals surface area contributed by atoms with Crippen molar-refractivity contribution in [3.8, 4) is 10.6 Å². The number of alkyl halides is 3.